The van der Waals surface area contributed by atoms with Gasteiger partial charge in [0.1, 0.15) is 0 Å². The predicted octanol–water partition coefficient (Wildman–Crippen LogP) is 1.99. The van der Waals surface area contributed by atoms with Crippen molar-refractivity contribution >= 4 is 12.0 Å². The monoisotopic (exact) mass is 245 g/mol. The van der Waals surface area contributed by atoms with Gasteiger partial charge in [0.2, 0.25) is 5.91 Å². The van der Waals surface area contributed by atoms with E-state index < -0.39 is 0 Å². The highest BCUT2D eigenvalue weighted by Gasteiger charge is 2.30. The highest BCUT2D eigenvalue weighted by atomic mass is 16.3. The first-order chi connectivity index (χ1) is 8.72. The molecule has 96 valence electrons. The molecule has 3 heteroatoms. The van der Waals surface area contributed by atoms with Crippen LogP contribution >= 0.6 is 0 Å². The first-order valence-electron chi connectivity index (χ1n) is 6.37. The molecule has 1 fully saturated rings. The Balaban J connectivity index is 2.03. The summed E-state index contributed by atoms with van der Waals surface area (Å²) in [5.74, 6) is -0.00481. The number of nitrogens with zero attached hydrogens (tertiary/aromatic N) is 1. The smallest absolute Gasteiger partial charge is 0.246 e. The number of hydrogen-bond acceptors (Lipinski definition) is 2. The molecule has 1 N–H and O–H groups in total. The molecule has 0 radical (unpaired) electrons. The topological polar surface area (TPSA) is 40.5 Å². The Morgan fingerprint density at radius 3 is 2.78 bits per heavy atom. The highest BCUT2D eigenvalue weighted by molar-refractivity contribution is 5.92. The van der Waals surface area contributed by atoms with Crippen LogP contribution in [-0.2, 0) is 4.79 Å². The summed E-state index contributed by atoms with van der Waals surface area (Å²) in [6, 6.07) is 8.30. The summed E-state index contributed by atoms with van der Waals surface area (Å²) < 4.78 is 0. The molecule has 0 spiro atoms. The van der Waals surface area contributed by atoms with Crippen LogP contribution in [0.1, 0.15) is 24.0 Å². The van der Waals surface area contributed by atoms with Crippen LogP contribution in [0.4, 0.5) is 0 Å². The number of amides is 1. The van der Waals surface area contributed by atoms with Gasteiger partial charge in [-0.15, -0.1) is 0 Å². The quantitative estimate of drug-likeness (QED) is 0.806. The molecular formula is C15H19NO2. The van der Waals surface area contributed by atoms with Crippen LogP contribution in [-0.4, -0.2) is 35.1 Å². The van der Waals surface area contributed by atoms with Crippen LogP contribution in [0.2, 0.25) is 0 Å². The van der Waals surface area contributed by atoms with Crippen LogP contribution in [0.15, 0.2) is 30.3 Å². The third-order valence-corrected chi connectivity index (χ3v) is 3.21. The summed E-state index contributed by atoms with van der Waals surface area (Å²) in [7, 11) is 0. The number of carbonyl (C=O) groups is 1. The fourth-order valence-corrected chi connectivity index (χ4v) is 2.00. The zero-order chi connectivity index (χ0) is 13.0. The van der Waals surface area contributed by atoms with E-state index in [0.717, 1.165) is 24.0 Å². The predicted molar refractivity (Wildman–Crippen MR) is 72.0 cm³/mol. The lowest BCUT2D eigenvalue weighted by atomic mass is 10.1. The van der Waals surface area contributed by atoms with Crippen molar-refractivity contribution in [2.75, 3.05) is 13.2 Å². The molecule has 1 saturated carbocycles. The maximum absolute atomic E-state index is 12.0. The van der Waals surface area contributed by atoms with E-state index in [1.165, 1.54) is 0 Å². The van der Waals surface area contributed by atoms with Crippen molar-refractivity contribution in [2.24, 2.45) is 0 Å². The molecule has 18 heavy (non-hydrogen) atoms. The van der Waals surface area contributed by atoms with Crippen molar-refractivity contribution in [2.45, 2.75) is 25.8 Å². The molecule has 1 aliphatic carbocycles. The van der Waals surface area contributed by atoms with E-state index in [9.17, 15) is 4.79 Å². The average molecular weight is 245 g/mol. The number of benzene rings is 1. The fraction of sp³-hybridized carbons (Fsp3) is 0.400. The Bertz CT molecular complexity index is 450. The first-order valence-corrected chi connectivity index (χ1v) is 6.37. The largest absolute Gasteiger partial charge is 0.395 e. The molecule has 3 nitrogen and oxygen atoms in total. The van der Waals surface area contributed by atoms with Gasteiger partial charge in [-0.05, 0) is 37.0 Å². The molecule has 0 bridgehead atoms. The third kappa shape index (κ3) is 3.20. The van der Waals surface area contributed by atoms with Crippen LogP contribution in [0, 0.1) is 6.92 Å². The number of aryl methyl sites for hydroxylation is 1. The Morgan fingerprint density at radius 2 is 2.17 bits per heavy atom. The number of carbonyl (C=O) groups excluding carboxylic acids is 1. The molecule has 0 unspecified atom stereocenters. The SMILES string of the molecule is Cc1ccccc1/C=C/C(=O)N(CCO)C1CC1. The second kappa shape index (κ2) is 5.83. The number of rotatable bonds is 5. The molecule has 0 aromatic heterocycles. The molecule has 1 aromatic rings. The lowest BCUT2D eigenvalue weighted by molar-refractivity contribution is -0.127. The van der Waals surface area contributed by atoms with E-state index in [2.05, 4.69) is 0 Å². The van der Waals surface area contributed by atoms with Crippen molar-refractivity contribution in [3.05, 3.63) is 41.5 Å². The van der Waals surface area contributed by atoms with Crippen molar-refractivity contribution in [3.8, 4) is 0 Å². The number of aliphatic hydroxyl groups is 1. The van der Waals surface area contributed by atoms with Gasteiger partial charge in [-0.3, -0.25) is 4.79 Å². The Kier molecular flexibility index (Phi) is 4.15. The van der Waals surface area contributed by atoms with Gasteiger partial charge in [-0.1, -0.05) is 24.3 Å². The summed E-state index contributed by atoms with van der Waals surface area (Å²) in [6.45, 7) is 2.48. The Hall–Kier alpha value is -1.61. The Labute approximate surface area is 108 Å². The van der Waals surface area contributed by atoms with E-state index >= 15 is 0 Å². The number of hydrogen-bond donors (Lipinski definition) is 1. The van der Waals surface area contributed by atoms with Crippen LogP contribution in [0.25, 0.3) is 6.08 Å². The zero-order valence-electron chi connectivity index (χ0n) is 10.7. The molecule has 0 aliphatic heterocycles. The maximum Gasteiger partial charge on any atom is 0.246 e. The van der Waals surface area contributed by atoms with Crippen molar-refractivity contribution in [1.82, 2.24) is 4.90 Å². The van der Waals surface area contributed by atoms with Crippen LogP contribution in [0.3, 0.4) is 0 Å². The molecule has 1 amide bonds. The van der Waals surface area contributed by atoms with Gasteiger partial charge < -0.3 is 10.0 Å². The molecule has 1 aliphatic rings. The van der Waals surface area contributed by atoms with Crippen molar-refractivity contribution in [1.29, 1.82) is 0 Å². The minimum atomic E-state index is -0.00481. The van der Waals surface area contributed by atoms with E-state index in [-0.39, 0.29) is 12.5 Å². The molecule has 0 atom stereocenters. The Morgan fingerprint density at radius 1 is 1.44 bits per heavy atom. The average Bonchev–Trinajstić information content (AvgIpc) is 3.19. The molecule has 0 heterocycles. The standard InChI is InChI=1S/C15H19NO2/c1-12-4-2-3-5-13(12)6-9-15(18)16(10-11-17)14-7-8-14/h2-6,9,14,17H,7-8,10-11H2,1H3/b9-6+. The van der Waals surface area contributed by atoms with Gasteiger partial charge in [-0.2, -0.15) is 0 Å². The lowest BCUT2D eigenvalue weighted by Gasteiger charge is -2.19. The van der Waals surface area contributed by atoms with Crippen LogP contribution in [0.5, 0.6) is 0 Å². The molecular weight excluding hydrogens is 226 g/mol. The van der Waals surface area contributed by atoms with Gasteiger partial charge in [0, 0.05) is 18.7 Å². The van der Waals surface area contributed by atoms with Gasteiger partial charge in [0.15, 0.2) is 0 Å². The molecule has 1 aromatic carbocycles. The number of aliphatic hydroxyl groups excluding tert-OH is 1. The summed E-state index contributed by atoms with van der Waals surface area (Å²) in [5.41, 5.74) is 2.22. The fourth-order valence-electron chi connectivity index (χ4n) is 2.00. The second-order valence-corrected chi connectivity index (χ2v) is 4.68. The highest BCUT2D eigenvalue weighted by Crippen LogP contribution is 2.26. The normalized spacial score (nSPS) is 15.0. The van der Waals surface area contributed by atoms with E-state index in [4.69, 9.17) is 5.11 Å². The van der Waals surface area contributed by atoms with Gasteiger partial charge >= 0.3 is 0 Å². The van der Waals surface area contributed by atoms with Gasteiger partial charge in [-0.25, -0.2) is 0 Å². The van der Waals surface area contributed by atoms with Gasteiger partial charge in [0.25, 0.3) is 0 Å². The second-order valence-electron chi connectivity index (χ2n) is 4.68. The summed E-state index contributed by atoms with van der Waals surface area (Å²) in [4.78, 5) is 13.8. The minimum Gasteiger partial charge on any atom is -0.395 e. The van der Waals surface area contributed by atoms with Crippen molar-refractivity contribution in [3.63, 3.8) is 0 Å². The van der Waals surface area contributed by atoms with E-state index in [1.54, 1.807) is 11.0 Å². The van der Waals surface area contributed by atoms with Crippen molar-refractivity contribution < 1.29 is 9.90 Å². The summed E-state index contributed by atoms with van der Waals surface area (Å²) in [6.07, 6.45) is 5.58. The lowest BCUT2D eigenvalue weighted by Crippen LogP contribution is -2.34. The maximum atomic E-state index is 12.0. The zero-order valence-corrected chi connectivity index (χ0v) is 10.7. The van der Waals surface area contributed by atoms with Crippen LogP contribution < -0.4 is 0 Å². The van der Waals surface area contributed by atoms with E-state index in [1.807, 2.05) is 37.3 Å². The van der Waals surface area contributed by atoms with Gasteiger partial charge in [0.05, 0.1) is 6.61 Å². The molecule has 2 rings (SSSR count). The molecule has 0 saturated heterocycles. The van der Waals surface area contributed by atoms with E-state index in [0.29, 0.717) is 12.6 Å². The summed E-state index contributed by atoms with van der Waals surface area (Å²) >= 11 is 0. The summed E-state index contributed by atoms with van der Waals surface area (Å²) in [5, 5.41) is 8.97. The first kappa shape index (κ1) is 12.8. The third-order valence-electron chi connectivity index (χ3n) is 3.21. The minimum absolute atomic E-state index is 0.00481.